The molecule has 2 bridgehead atoms. The van der Waals surface area contributed by atoms with E-state index in [-0.39, 0.29) is 5.78 Å². The highest BCUT2D eigenvalue weighted by Crippen LogP contribution is 2.29. The number of carbonyl (C=O) groups excluding carboxylic acids is 1. The second-order valence-electron chi connectivity index (χ2n) is 3.87. The molecule has 0 spiro atoms. The van der Waals surface area contributed by atoms with Crippen LogP contribution in [0.3, 0.4) is 0 Å². The van der Waals surface area contributed by atoms with Gasteiger partial charge in [-0.3, -0.25) is 4.79 Å². The van der Waals surface area contributed by atoms with Crippen LogP contribution in [0.1, 0.15) is 12.8 Å². The smallest absolute Gasteiger partial charge is 0.184 e. The zero-order valence-electron chi connectivity index (χ0n) is 8.15. The molecule has 2 unspecified atom stereocenters. The van der Waals surface area contributed by atoms with Crippen molar-refractivity contribution in [3.8, 4) is 0 Å². The van der Waals surface area contributed by atoms with Crippen LogP contribution in [0.15, 0.2) is 48.6 Å². The quantitative estimate of drug-likeness (QED) is 0.478. The maximum Gasteiger partial charge on any atom is 0.184 e. The monoisotopic (exact) mass is 186 g/mol. The molecule has 0 radical (unpaired) electrons. The summed E-state index contributed by atoms with van der Waals surface area (Å²) in [5.74, 6) is 1.08. The molecule has 2 aliphatic rings. The number of hydrogen-bond donors (Lipinski definition) is 0. The summed E-state index contributed by atoms with van der Waals surface area (Å²) in [6.45, 7) is 3.51. The maximum atomic E-state index is 11.5. The van der Waals surface area contributed by atoms with E-state index in [9.17, 15) is 4.79 Å². The van der Waals surface area contributed by atoms with Gasteiger partial charge in [-0.05, 0) is 30.8 Å². The molecule has 2 atom stereocenters. The Morgan fingerprint density at radius 1 is 1.50 bits per heavy atom. The van der Waals surface area contributed by atoms with Crippen molar-refractivity contribution in [2.75, 3.05) is 0 Å². The summed E-state index contributed by atoms with van der Waals surface area (Å²) in [5, 5.41) is 0. The summed E-state index contributed by atoms with van der Waals surface area (Å²) >= 11 is 0. The largest absolute Gasteiger partial charge is 0.289 e. The predicted molar refractivity (Wildman–Crippen MR) is 57.8 cm³/mol. The van der Waals surface area contributed by atoms with Crippen LogP contribution in [0.25, 0.3) is 0 Å². The number of allylic oxidation sites excluding steroid dienone is 7. The first-order valence-electron chi connectivity index (χ1n) is 5.03. The SMILES string of the molecule is C=CC(=O)C1=CC2CC=CC(C=C1)C2. The van der Waals surface area contributed by atoms with Gasteiger partial charge >= 0.3 is 0 Å². The summed E-state index contributed by atoms with van der Waals surface area (Å²) in [6.07, 6.45) is 14.2. The highest BCUT2D eigenvalue weighted by Gasteiger charge is 2.18. The Hall–Kier alpha value is -1.37. The molecule has 0 amide bonds. The lowest BCUT2D eigenvalue weighted by atomic mass is 9.87. The van der Waals surface area contributed by atoms with Gasteiger partial charge < -0.3 is 0 Å². The number of rotatable bonds is 2. The van der Waals surface area contributed by atoms with E-state index < -0.39 is 0 Å². The lowest BCUT2D eigenvalue weighted by Gasteiger charge is -2.17. The van der Waals surface area contributed by atoms with Gasteiger partial charge in [-0.1, -0.05) is 37.0 Å². The van der Waals surface area contributed by atoms with Gasteiger partial charge in [-0.25, -0.2) is 0 Å². The molecule has 2 aliphatic carbocycles. The third-order valence-electron chi connectivity index (χ3n) is 2.81. The number of hydrogen-bond acceptors (Lipinski definition) is 1. The fourth-order valence-corrected chi connectivity index (χ4v) is 2.05. The first-order chi connectivity index (χ1) is 6.79. The van der Waals surface area contributed by atoms with Gasteiger partial charge in [0.1, 0.15) is 0 Å². The Morgan fingerprint density at radius 3 is 3.14 bits per heavy atom. The molecule has 0 fully saturated rings. The molecule has 2 rings (SSSR count). The molecular weight excluding hydrogens is 172 g/mol. The van der Waals surface area contributed by atoms with Crippen LogP contribution in [-0.2, 0) is 4.79 Å². The third-order valence-corrected chi connectivity index (χ3v) is 2.81. The topological polar surface area (TPSA) is 17.1 Å². The highest BCUT2D eigenvalue weighted by molar-refractivity contribution is 6.05. The van der Waals surface area contributed by atoms with Crippen molar-refractivity contribution in [3.05, 3.63) is 48.6 Å². The molecule has 72 valence electrons. The summed E-state index contributed by atoms with van der Waals surface area (Å²) in [7, 11) is 0. The van der Waals surface area contributed by atoms with Gasteiger partial charge in [0.05, 0.1) is 0 Å². The van der Waals surface area contributed by atoms with Crippen LogP contribution in [0.5, 0.6) is 0 Å². The lowest BCUT2D eigenvalue weighted by molar-refractivity contribution is -0.111. The minimum Gasteiger partial charge on any atom is -0.289 e. The van der Waals surface area contributed by atoms with Gasteiger partial charge in [0, 0.05) is 5.57 Å². The summed E-state index contributed by atoms with van der Waals surface area (Å²) in [6, 6.07) is 0. The molecule has 14 heavy (non-hydrogen) atoms. The molecule has 0 saturated carbocycles. The molecular formula is C13H14O. The van der Waals surface area contributed by atoms with E-state index in [0.717, 1.165) is 18.4 Å². The maximum absolute atomic E-state index is 11.5. The van der Waals surface area contributed by atoms with Crippen LogP contribution in [0, 0.1) is 11.8 Å². The van der Waals surface area contributed by atoms with E-state index in [1.807, 2.05) is 6.08 Å². The first-order valence-corrected chi connectivity index (χ1v) is 5.03. The second kappa shape index (κ2) is 3.79. The van der Waals surface area contributed by atoms with E-state index in [0.29, 0.717) is 11.8 Å². The van der Waals surface area contributed by atoms with Crippen LogP contribution in [0.2, 0.25) is 0 Å². The fourth-order valence-electron chi connectivity index (χ4n) is 2.05. The zero-order valence-corrected chi connectivity index (χ0v) is 8.15. The van der Waals surface area contributed by atoms with E-state index in [4.69, 9.17) is 0 Å². The van der Waals surface area contributed by atoms with Crippen molar-refractivity contribution in [3.63, 3.8) is 0 Å². The predicted octanol–water partition coefficient (Wildman–Crippen LogP) is 2.82. The molecule has 0 aromatic carbocycles. The molecule has 1 heteroatoms. The van der Waals surface area contributed by atoms with Gasteiger partial charge in [0.25, 0.3) is 0 Å². The standard InChI is InChI=1S/C13H14O/c1-2-13(14)12-7-6-10-4-3-5-11(8-10)9-12/h2-4,6-7,9-11H,1,5,8H2. The van der Waals surface area contributed by atoms with Gasteiger partial charge in [-0.2, -0.15) is 0 Å². The Morgan fingerprint density at radius 2 is 2.36 bits per heavy atom. The fraction of sp³-hybridized carbons (Fsp3) is 0.308. The Labute approximate surface area is 84.5 Å². The van der Waals surface area contributed by atoms with E-state index in [1.165, 1.54) is 6.08 Å². The summed E-state index contributed by atoms with van der Waals surface area (Å²) in [4.78, 5) is 11.5. The van der Waals surface area contributed by atoms with Crippen molar-refractivity contribution in [2.45, 2.75) is 12.8 Å². The van der Waals surface area contributed by atoms with Gasteiger partial charge in [-0.15, -0.1) is 0 Å². The van der Waals surface area contributed by atoms with Crippen molar-refractivity contribution in [1.82, 2.24) is 0 Å². The molecule has 0 saturated heterocycles. The minimum absolute atomic E-state index is 0.0359. The Kier molecular flexibility index (Phi) is 2.49. The van der Waals surface area contributed by atoms with E-state index >= 15 is 0 Å². The van der Waals surface area contributed by atoms with Gasteiger partial charge in [0.15, 0.2) is 5.78 Å². The van der Waals surface area contributed by atoms with E-state index in [1.54, 1.807) is 0 Å². The Balaban J connectivity index is 2.28. The first kappa shape index (κ1) is 9.20. The Bertz CT molecular complexity index is 344. The number of ketones is 1. The van der Waals surface area contributed by atoms with Crippen molar-refractivity contribution in [1.29, 1.82) is 0 Å². The number of carbonyl (C=O) groups is 1. The average Bonchev–Trinajstić information content (AvgIpc) is 2.36. The normalized spacial score (nSPS) is 29.3. The molecule has 0 heterocycles. The highest BCUT2D eigenvalue weighted by atomic mass is 16.1. The molecule has 0 aromatic rings. The molecule has 0 N–H and O–H groups in total. The molecule has 0 aromatic heterocycles. The zero-order chi connectivity index (χ0) is 9.97. The van der Waals surface area contributed by atoms with Crippen LogP contribution in [0.4, 0.5) is 0 Å². The van der Waals surface area contributed by atoms with Crippen LogP contribution >= 0.6 is 0 Å². The number of fused-ring (bicyclic) bond motifs is 2. The van der Waals surface area contributed by atoms with Crippen LogP contribution in [-0.4, -0.2) is 5.78 Å². The minimum atomic E-state index is 0.0359. The molecule has 0 aliphatic heterocycles. The van der Waals surface area contributed by atoms with Crippen LogP contribution < -0.4 is 0 Å². The average molecular weight is 186 g/mol. The third kappa shape index (κ3) is 1.77. The lowest BCUT2D eigenvalue weighted by Crippen LogP contribution is -2.06. The molecule has 1 nitrogen and oxygen atoms in total. The summed E-state index contributed by atoms with van der Waals surface area (Å²) < 4.78 is 0. The van der Waals surface area contributed by atoms with Gasteiger partial charge in [0.2, 0.25) is 0 Å². The van der Waals surface area contributed by atoms with E-state index in [2.05, 4.69) is 30.9 Å². The van der Waals surface area contributed by atoms with Crippen molar-refractivity contribution < 1.29 is 4.79 Å². The summed E-state index contributed by atoms with van der Waals surface area (Å²) in [5.41, 5.74) is 0.802. The van der Waals surface area contributed by atoms with Crippen molar-refractivity contribution >= 4 is 5.78 Å². The van der Waals surface area contributed by atoms with Crippen molar-refractivity contribution in [2.24, 2.45) is 11.8 Å². The second-order valence-corrected chi connectivity index (χ2v) is 3.87.